The minimum Gasteiger partial charge on any atom is -0.496 e. The SMILES string of the molecule is COc1ccc(C)cc1C(=O)N1CCOCC(CN(C)C)C1. The van der Waals surface area contributed by atoms with E-state index < -0.39 is 0 Å². The molecule has 1 atom stereocenters. The van der Waals surface area contributed by atoms with Gasteiger partial charge in [0.05, 0.1) is 25.9 Å². The van der Waals surface area contributed by atoms with Gasteiger partial charge in [0.1, 0.15) is 5.75 Å². The van der Waals surface area contributed by atoms with Crippen LogP contribution in [0.3, 0.4) is 0 Å². The number of hydrogen-bond donors (Lipinski definition) is 0. The Hall–Kier alpha value is -1.59. The lowest BCUT2D eigenvalue weighted by molar-refractivity contribution is 0.0731. The molecule has 2 rings (SSSR count). The molecule has 1 aliphatic heterocycles. The van der Waals surface area contributed by atoms with Gasteiger partial charge in [-0.15, -0.1) is 0 Å². The van der Waals surface area contributed by atoms with Crippen LogP contribution >= 0.6 is 0 Å². The van der Waals surface area contributed by atoms with E-state index in [-0.39, 0.29) is 5.91 Å². The summed E-state index contributed by atoms with van der Waals surface area (Å²) in [7, 11) is 5.68. The number of ether oxygens (including phenoxy) is 2. The molecule has 5 nitrogen and oxygen atoms in total. The molecular weight excluding hydrogens is 280 g/mol. The monoisotopic (exact) mass is 306 g/mol. The van der Waals surface area contributed by atoms with Crippen LogP contribution < -0.4 is 4.74 Å². The Morgan fingerprint density at radius 2 is 2.23 bits per heavy atom. The fourth-order valence-electron chi connectivity index (χ4n) is 2.85. The van der Waals surface area contributed by atoms with Crippen LogP contribution in [-0.4, -0.2) is 69.8 Å². The van der Waals surface area contributed by atoms with Crippen molar-refractivity contribution in [2.24, 2.45) is 5.92 Å². The fraction of sp³-hybridized carbons (Fsp3) is 0.588. The van der Waals surface area contributed by atoms with Crippen molar-refractivity contribution < 1.29 is 14.3 Å². The van der Waals surface area contributed by atoms with Crippen molar-refractivity contribution in [3.8, 4) is 5.75 Å². The Bertz CT molecular complexity index is 517. The topological polar surface area (TPSA) is 42.0 Å². The van der Waals surface area contributed by atoms with Gasteiger partial charge >= 0.3 is 0 Å². The van der Waals surface area contributed by atoms with Crippen molar-refractivity contribution >= 4 is 5.91 Å². The summed E-state index contributed by atoms with van der Waals surface area (Å²) >= 11 is 0. The van der Waals surface area contributed by atoms with Crippen LogP contribution in [0.25, 0.3) is 0 Å². The molecule has 122 valence electrons. The summed E-state index contributed by atoms with van der Waals surface area (Å²) in [6, 6.07) is 5.71. The summed E-state index contributed by atoms with van der Waals surface area (Å²) in [4.78, 5) is 16.9. The van der Waals surface area contributed by atoms with Gasteiger partial charge in [0.25, 0.3) is 5.91 Å². The Kier molecular flexibility index (Phi) is 5.80. The van der Waals surface area contributed by atoms with Gasteiger partial charge in [-0.2, -0.15) is 0 Å². The zero-order chi connectivity index (χ0) is 16.1. The Labute approximate surface area is 132 Å². The average Bonchev–Trinajstić information content (AvgIpc) is 2.71. The van der Waals surface area contributed by atoms with E-state index in [4.69, 9.17) is 9.47 Å². The number of hydrogen-bond acceptors (Lipinski definition) is 4. The molecule has 0 N–H and O–H groups in total. The lowest BCUT2D eigenvalue weighted by Gasteiger charge is -2.26. The van der Waals surface area contributed by atoms with E-state index in [9.17, 15) is 4.79 Å². The normalized spacial score (nSPS) is 19.1. The first-order chi connectivity index (χ1) is 10.5. The Morgan fingerprint density at radius 1 is 1.45 bits per heavy atom. The van der Waals surface area contributed by atoms with Crippen molar-refractivity contribution in [1.29, 1.82) is 0 Å². The quantitative estimate of drug-likeness (QED) is 0.848. The van der Waals surface area contributed by atoms with E-state index in [0.29, 0.717) is 43.5 Å². The smallest absolute Gasteiger partial charge is 0.257 e. The lowest BCUT2D eigenvalue weighted by Crippen LogP contribution is -2.38. The van der Waals surface area contributed by atoms with Crippen molar-refractivity contribution in [3.05, 3.63) is 29.3 Å². The molecule has 1 fully saturated rings. The minimum atomic E-state index is 0.0230. The maximum Gasteiger partial charge on any atom is 0.257 e. The highest BCUT2D eigenvalue weighted by Crippen LogP contribution is 2.22. The summed E-state index contributed by atoms with van der Waals surface area (Å²) in [6.45, 7) is 5.52. The molecule has 5 heteroatoms. The first-order valence-corrected chi connectivity index (χ1v) is 7.67. The molecule has 0 radical (unpaired) electrons. The standard InChI is InChI=1S/C17H26N2O3/c1-13-5-6-16(21-4)15(9-13)17(20)19-7-8-22-12-14(11-19)10-18(2)3/h5-6,9,14H,7-8,10-12H2,1-4H3. The van der Waals surface area contributed by atoms with Crippen LogP contribution in [0.15, 0.2) is 18.2 Å². The van der Waals surface area contributed by atoms with Crippen LogP contribution in [0.1, 0.15) is 15.9 Å². The van der Waals surface area contributed by atoms with Crippen molar-refractivity contribution in [3.63, 3.8) is 0 Å². The molecule has 1 aliphatic rings. The second-order valence-electron chi connectivity index (χ2n) is 6.16. The number of benzene rings is 1. The van der Waals surface area contributed by atoms with E-state index in [0.717, 1.165) is 12.1 Å². The molecule has 0 aromatic heterocycles. The van der Waals surface area contributed by atoms with E-state index >= 15 is 0 Å². The van der Waals surface area contributed by atoms with E-state index in [1.165, 1.54) is 0 Å². The maximum absolute atomic E-state index is 12.9. The molecule has 1 unspecified atom stereocenters. The molecule has 1 saturated heterocycles. The molecule has 1 aromatic rings. The largest absolute Gasteiger partial charge is 0.496 e. The Morgan fingerprint density at radius 3 is 2.91 bits per heavy atom. The highest BCUT2D eigenvalue weighted by atomic mass is 16.5. The van der Waals surface area contributed by atoms with Gasteiger partial charge < -0.3 is 19.3 Å². The first-order valence-electron chi connectivity index (χ1n) is 7.67. The van der Waals surface area contributed by atoms with Crippen molar-refractivity contribution in [2.75, 3.05) is 54.1 Å². The summed E-state index contributed by atoms with van der Waals surface area (Å²) in [5, 5.41) is 0. The maximum atomic E-state index is 12.9. The van der Waals surface area contributed by atoms with E-state index in [1.807, 2.05) is 44.1 Å². The third kappa shape index (κ3) is 4.21. The molecular formula is C17H26N2O3. The van der Waals surface area contributed by atoms with Crippen LogP contribution in [0.4, 0.5) is 0 Å². The molecule has 1 aromatic carbocycles. The average molecular weight is 306 g/mol. The van der Waals surface area contributed by atoms with Gasteiger partial charge in [0.15, 0.2) is 0 Å². The number of carbonyl (C=O) groups is 1. The summed E-state index contributed by atoms with van der Waals surface area (Å²) in [5.74, 6) is 0.983. The summed E-state index contributed by atoms with van der Waals surface area (Å²) < 4.78 is 11.0. The number of carbonyl (C=O) groups excluding carboxylic acids is 1. The van der Waals surface area contributed by atoms with Gasteiger partial charge in [0, 0.05) is 25.6 Å². The summed E-state index contributed by atoms with van der Waals surface area (Å²) in [5.41, 5.74) is 1.69. The second kappa shape index (κ2) is 7.61. The van der Waals surface area contributed by atoms with Gasteiger partial charge in [0.2, 0.25) is 0 Å². The van der Waals surface area contributed by atoms with Crippen molar-refractivity contribution in [1.82, 2.24) is 9.80 Å². The van der Waals surface area contributed by atoms with Gasteiger partial charge in [-0.1, -0.05) is 11.6 Å². The third-order valence-corrected chi connectivity index (χ3v) is 3.83. The third-order valence-electron chi connectivity index (χ3n) is 3.83. The molecule has 22 heavy (non-hydrogen) atoms. The minimum absolute atomic E-state index is 0.0230. The zero-order valence-electron chi connectivity index (χ0n) is 14.0. The van der Waals surface area contributed by atoms with Crippen LogP contribution in [0.5, 0.6) is 5.75 Å². The number of amides is 1. The Balaban J connectivity index is 2.18. The first kappa shape index (κ1) is 16.8. The predicted octanol–water partition coefficient (Wildman–Crippen LogP) is 1.65. The molecule has 0 aliphatic carbocycles. The molecule has 0 bridgehead atoms. The highest BCUT2D eigenvalue weighted by molar-refractivity contribution is 5.97. The van der Waals surface area contributed by atoms with Gasteiger partial charge in [-0.25, -0.2) is 0 Å². The molecule has 1 amide bonds. The van der Waals surface area contributed by atoms with Crippen LogP contribution in [-0.2, 0) is 4.74 Å². The van der Waals surface area contributed by atoms with Gasteiger partial charge in [-0.05, 0) is 33.2 Å². The van der Waals surface area contributed by atoms with Crippen molar-refractivity contribution in [2.45, 2.75) is 6.92 Å². The fourth-order valence-corrected chi connectivity index (χ4v) is 2.85. The van der Waals surface area contributed by atoms with Gasteiger partial charge in [-0.3, -0.25) is 4.79 Å². The lowest BCUT2D eigenvalue weighted by atomic mass is 10.1. The van der Waals surface area contributed by atoms with E-state index in [1.54, 1.807) is 7.11 Å². The number of methoxy groups -OCH3 is 1. The molecule has 1 heterocycles. The second-order valence-corrected chi connectivity index (χ2v) is 6.16. The predicted molar refractivity (Wildman–Crippen MR) is 86.5 cm³/mol. The van der Waals surface area contributed by atoms with E-state index in [2.05, 4.69) is 4.90 Å². The van der Waals surface area contributed by atoms with Crippen LogP contribution in [0, 0.1) is 12.8 Å². The highest BCUT2D eigenvalue weighted by Gasteiger charge is 2.25. The number of aryl methyl sites for hydroxylation is 1. The zero-order valence-corrected chi connectivity index (χ0v) is 14.0. The van der Waals surface area contributed by atoms with Crippen LogP contribution in [0.2, 0.25) is 0 Å². The molecule has 0 spiro atoms. The summed E-state index contributed by atoms with van der Waals surface area (Å²) in [6.07, 6.45) is 0. The number of nitrogens with zero attached hydrogens (tertiary/aromatic N) is 2. The molecule has 0 saturated carbocycles. The number of rotatable bonds is 4.